The maximum Gasteiger partial charge on any atom is 0.251 e. The molecule has 5 nitrogen and oxygen atoms in total. The molecule has 0 bridgehead atoms. The Kier molecular flexibility index (Phi) is 5.49. The van der Waals surface area contributed by atoms with Crippen LogP contribution < -0.4 is 10.1 Å². The summed E-state index contributed by atoms with van der Waals surface area (Å²) in [4.78, 5) is 18.1. The summed E-state index contributed by atoms with van der Waals surface area (Å²) >= 11 is 0. The minimum Gasteiger partial charge on any atom is -0.439 e. The van der Waals surface area contributed by atoms with E-state index in [-0.39, 0.29) is 5.91 Å². The number of benzene rings is 1. The maximum atomic E-state index is 11.9. The first-order chi connectivity index (χ1) is 10.6. The van der Waals surface area contributed by atoms with Crippen LogP contribution in [0.4, 0.5) is 0 Å². The Labute approximate surface area is 130 Å². The smallest absolute Gasteiger partial charge is 0.251 e. The molecule has 0 aliphatic carbocycles. The van der Waals surface area contributed by atoms with Gasteiger partial charge < -0.3 is 15.0 Å². The van der Waals surface area contributed by atoms with Gasteiger partial charge in [-0.15, -0.1) is 0 Å². The number of rotatable bonds is 6. The van der Waals surface area contributed by atoms with Crippen molar-refractivity contribution in [3.05, 3.63) is 53.7 Å². The number of para-hydroxylation sites is 1. The maximum absolute atomic E-state index is 11.9. The highest BCUT2D eigenvalue weighted by atomic mass is 16.5. The average Bonchev–Trinajstić information content (AvgIpc) is 2.49. The fraction of sp³-hybridized carbons (Fsp3) is 0.294. The second-order valence-corrected chi connectivity index (χ2v) is 5.19. The van der Waals surface area contributed by atoms with Crippen LogP contribution >= 0.6 is 0 Å². The van der Waals surface area contributed by atoms with Gasteiger partial charge in [-0.3, -0.25) is 4.79 Å². The second-order valence-electron chi connectivity index (χ2n) is 5.19. The molecular formula is C17H21N3O2. The molecule has 0 saturated carbocycles. The number of nitrogens with one attached hydrogen (secondary N) is 1. The number of carbonyl (C=O) groups is 1. The zero-order chi connectivity index (χ0) is 15.9. The van der Waals surface area contributed by atoms with Gasteiger partial charge in [0, 0.05) is 36.5 Å². The van der Waals surface area contributed by atoms with Gasteiger partial charge in [0.25, 0.3) is 5.91 Å². The molecule has 0 aliphatic rings. The van der Waals surface area contributed by atoms with Crippen LogP contribution in [0.25, 0.3) is 0 Å². The van der Waals surface area contributed by atoms with Gasteiger partial charge in [-0.05, 0) is 33.2 Å². The third-order valence-electron chi connectivity index (χ3n) is 3.01. The van der Waals surface area contributed by atoms with E-state index in [2.05, 4.69) is 15.2 Å². The molecule has 5 heteroatoms. The van der Waals surface area contributed by atoms with Gasteiger partial charge >= 0.3 is 0 Å². The largest absolute Gasteiger partial charge is 0.439 e. The van der Waals surface area contributed by atoms with Crippen LogP contribution in [0.1, 0.15) is 22.8 Å². The summed E-state index contributed by atoms with van der Waals surface area (Å²) in [6.07, 6.45) is 1.58. The lowest BCUT2D eigenvalue weighted by Crippen LogP contribution is -2.22. The Morgan fingerprint density at radius 1 is 1.27 bits per heavy atom. The van der Waals surface area contributed by atoms with Crippen LogP contribution in [0.2, 0.25) is 0 Å². The predicted molar refractivity (Wildman–Crippen MR) is 86.2 cm³/mol. The van der Waals surface area contributed by atoms with Gasteiger partial charge in [0.05, 0.1) is 0 Å². The molecule has 2 aromatic rings. The summed E-state index contributed by atoms with van der Waals surface area (Å²) in [5, 5.41) is 2.76. The van der Waals surface area contributed by atoms with Crippen molar-refractivity contribution < 1.29 is 9.53 Å². The van der Waals surface area contributed by atoms with Crippen LogP contribution in [-0.4, -0.2) is 36.4 Å². The molecule has 0 spiro atoms. The summed E-state index contributed by atoms with van der Waals surface area (Å²) in [6, 6.07) is 11.1. The predicted octanol–water partition coefficient (Wildman–Crippen LogP) is 2.69. The zero-order valence-corrected chi connectivity index (χ0v) is 13.2. The lowest BCUT2D eigenvalue weighted by Gasteiger charge is -2.14. The molecule has 0 aliphatic heterocycles. The Morgan fingerprint density at radius 2 is 2.05 bits per heavy atom. The molecule has 1 amide bonds. The summed E-state index contributed by atoms with van der Waals surface area (Å²) in [5.41, 5.74) is 1.61. The number of hydrogen-bond donors (Lipinski definition) is 1. The van der Waals surface area contributed by atoms with Gasteiger partial charge in [-0.1, -0.05) is 18.2 Å². The van der Waals surface area contributed by atoms with E-state index in [0.29, 0.717) is 18.0 Å². The lowest BCUT2D eigenvalue weighted by atomic mass is 10.2. The highest BCUT2D eigenvalue weighted by Crippen LogP contribution is 2.25. The quantitative estimate of drug-likeness (QED) is 0.891. The summed E-state index contributed by atoms with van der Waals surface area (Å²) in [5.74, 6) is 1.03. The SMILES string of the molecule is CCNC(=O)c1ccnc(Oc2ccccc2CN(C)C)c1. The van der Waals surface area contributed by atoms with E-state index >= 15 is 0 Å². The number of aromatic nitrogens is 1. The standard InChI is InChI=1S/C17H21N3O2/c1-4-18-17(21)13-9-10-19-16(11-13)22-15-8-6-5-7-14(15)12-20(2)3/h5-11H,4,12H2,1-3H3,(H,18,21). The number of nitrogens with zero attached hydrogens (tertiary/aromatic N) is 2. The number of pyridine rings is 1. The van der Waals surface area contributed by atoms with E-state index < -0.39 is 0 Å². The molecule has 22 heavy (non-hydrogen) atoms. The molecule has 1 aromatic carbocycles. The van der Waals surface area contributed by atoms with E-state index in [1.165, 1.54) is 0 Å². The molecule has 0 radical (unpaired) electrons. The van der Waals surface area contributed by atoms with Gasteiger partial charge in [0.2, 0.25) is 5.88 Å². The van der Waals surface area contributed by atoms with Gasteiger partial charge in [-0.25, -0.2) is 4.98 Å². The molecular weight excluding hydrogens is 278 g/mol. The molecule has 116 valence electrons. The Bertz CT molecular complexity index is 641. The Hall–Kier alpha value is -2.40. The van der Waals surface area contributed by atoms with Crippen molar-refractivity contribution in [2.75, 3.05) is 20.6 Å². The molecule has 2 rings (SSSR count). The van der Waals surface area contributed by atoms with E-state index in [1.54, 1.807) is 18.3 Å². The normalized spacial score (nSPS) is 10.5. The Balaban J connectivity index is 2.21. The van der Waals surface area contributed by atoms with E-state index in [4.69, 9.17) is 4.74 Å². The lowest BCUT2D eigenvalue weighted by molar-refractivity contribution is 0.0955. The third-order valence-corrected chi connectivity index (χ3v) is 3.01. The molecule has 0 saturated heterocycles. The average molecular weight is 299 g/mol. The van der Waals surface area contributed by atoms with Crippen molar-refractivity contribution >= 4 is 5.91 Å². The van der Waals surface area contributed by atoms with Crippen LogP contribution in [0.3, 0.4) is 0 Å². The minimum absolute atomic E-state index is 0.128. The third kappa shape index (κ3) is 4.30. The number of carbonyl (C=O) groups excluding carboxylic acids is 1. The number of hydrogen-bond acceptors (Lipinski definition) is 4. The van der Waals surface area contributed by atoms with Crippen molar-refractivity contribution in [3.8, 4) is 11.6 Å². The van der Waals surface area contributed by atoms with Crippen molar-refractivity contribution in [3.63, 3.8) is 0 Å². The van der Waals surface area contributed by atoms with E-state index in [0.717, 1.165) is 17.9 Å². The zero-order valence-electron chi connectivity index (χ0n) is 13.2. The van der Waals surface area contributed by atoms with Crippen molar-refractivity contribution in [1.82, 2.24) is 15.2 Å². The molecule has 0 fully saturated rings. The Morgan fingerprint density at radius 3 is 2.77 bits per heavy atom. The van der Waals surface area contributed by atoms with Crippen molar-refractivity contribution in [1.29, 1.82) is 0 Å². The van der Waals surface area contributed by atoms with Crippen molar-refractivity contribution in [2.45, 2.75) is 13.5 Å². The first kappa shape index (κ1) is 16.0. The molecule has 0 atom stereocenters. The highest BCUT2D eigenvalue weighted by Gasteiger charge is 2.09. The summed E-state index contributed by atoms with van der Waals surface area (Å²) in [7, 11) is 4.01. The fourth-order valence-electron chi connectivity index (χ4n) is 2.06. The molecule has 1 N–H and O–H groups in total. The first-order valence-corrected chi connectivity index (χ1v) is 7.25. The van der Waals surface area contributed by atoms with Gasteiger partial charge in [0.1, 0.15) is 5.75 Å². The topological polar surface area (TPSA) is 54.5 Å². The molecule has 0 unspecified atom stereocenters. The van der Waals surface area contributed by atoms with Gasteiger partial charge in [0.15, 0.2) is 0 Å². The highest BCUT2D eigenvalue weighted by molar-refractivity contribution is 5.94. The minimum atomic E-state index is -0.128. The van der Waals surface area contributed by atoms with Crippen LogP contribution in [0.5, 0.6) is 11.6 Å². The fourth-order valence-corrected chi connectivity index (χ4v) is 2.06. The number of amides is 1. The van der Waals surface area contributed by atoms with Crippen molar-refractivity contribution in [2.24, 2.45) is 0 Å². The summed E-state index contributed by atoms with van der Waals surface area (Å²) < 4.78 is 5.86. The first-order valence-electron chi connectivity index (χ1n) is 7.25. The van der Waals surface area contributed by atoms with Crippen LogP contribution in [-0.2, 0) is 6.54 Å². The summed E-state index contributed by atoms with van der Waals surface area (Å²) in [6.45, 7) is 3.24. The second kappa shape index (κ2) is 7.56. The van der Waals surface area contributed by atoms with Crippen LogP contribution in [0, 0.1) is 0 Å². The monoisotopic (exact) mass is 299 g/mol. The van der Waals surface area contributed by atoms with E-state index in [1.807, 2.05) is 45.3 Å². The molecule has 1 heterocycles. The van der Waals surface area contributed by atoms with E-state index in [9.17, 15) is 4.79 Å². The number of ether oxygens (including phenoxy) is 1. The molecule has 1 aromatic heterocycles. The van der Waals surface area contributed by atoms with Crippen LogP contribution in [0.15, 0.2) is 42.6 Å². The van der Waals surface area contributed by atoms with Gasteiger partial charge in [-0.2, -0.15) is 0 Å².